The lowest BCUT2D eigenvalue weighted by Gasteiger charge is -2.18. The molecule has 0 saturated heterocycles. The smallest absolute Gasteiger partial charge is 0.251 e. The Morgan fingerprint density at radius 3 is 2.33 bits per heavy atom. The zero-order chi connectivity index (χ0) is 19.4. The molecular formula is C18H14F2N2O3S2. The molecule has 1 atom stereocenters. The molecule has 1 aromatic heterocycles. The minimum Gasteiger partial charge on any atom is -0.324 e. The van der Waals surface area contributed by atoms with E-state index >= 15 is 0 Å². The second kappa shape index (κ2) is 7.95. The fourth-order valence-electron chi connectivity index (χ4n) is 2.34. The highest BCUT2D eigenvalue weighted by molar-refractivity contribution is 7.91. The van der Waals surface area contributed by atoms with E-state index in [1.165, 1.54) is 12.1 Å². The number of sulfonamides is 1. The lowest BCUT2D eigenvalue weighted by Crippen LogP contribution is -2.36. The molecule has 0 spiro atoms. The largest absolute Gasteiger partial charge is 0.324 e. The van der Waals surface area contributed by atoms with E-state index in [1.54, 1.807) is 41.8 Å². The molecule has 0 saturated carbocycles. The maximum absolute atomic E-state index is 13.4. The number of anilines is 1. The molecule has 1 amide bonds. The van der Waals surface area contributed by atoms with Crippen LogP contribution in [0.5, 0.6) is 0 Å². The van der Waals surface area contributed by atoms with Gasteiger partial charge in [-0.3, -0.25) is 4.79 Å². The van der Waals surface area contributed by atoms with E-state index in [0.717, 1.165) is 23.5 Å². The lowest BCUT2D eigenvalue weighted by atomic mass is 10.1. The molecule has 0 radical (unpaired) electrons. The normalized spacial score (nSPS) is 12.5. The second-order valence-corrected chi connectivity index (χ2v) is 8.40. The average Bonchev–Trinajstić information content (AvgIpc) is 3.19. The molecule has 3 aromatic rings. The van der Waals surface area contributed by atoms with Gasteiger partial charge in [0, 0.05) is 11.8 Å². The SMILES string of the molecule is O=C(Nc1ccc(F)c(F)c1)C(NS(=O)(=O)c1cccs1)c1ccccc1. The number of nitrogens with one attached hydrogen (secondary N) is 2. The summed E-state index contributed by atoms with van der Waals surface area (Å²) in [6, 6.07) is 12.8. The summed E-state index contributed by atoms with van der Waals surface area (Å²) in [6.45, 7) is 0. The first-order valence-corrected chi connectivity index (χ1v) is 10.1. The Labute approximate surface area is 158 Å². The molecule has 0 aliphatic heterocycles. The van der Waals surface area contributed by atoms with Crippen molar-refractivity contribution < 1.29 is 22.0 Å². The van der Waals surface area contributed by atoms with Crippen LogP contribution in [0.15, 0.2) is 70.3 Å². The molecule has 0 aliphatic rings. The molecule has 27 heavy (non-hydrogen) atoms. The van der Waals surface area contributed by atoms with Gasteiger partial charge in [-0.2, -0.15) is 4.72 Å². The van der Waals surface area contributed by atoms with Crippen molar-refractivity contribution in [1.29, 1.82) is 0 Å². The van der Waals surface area contributed by atoms with E-state index in [-0.39, 0.29) is 9.90 Å². The first kappa shape index (κ1) is 19.2. The Kier molecular flexibility index (Phi) is 5.64. The third-order valence-corrected chi connectivity index (χ3v) is 6.44. The van der Waals surface area contributed by atoms with Crippen LogP contribution in [0.25, 0.3) is 0 Å². The minimum absolute atomic E-state index is 0.00940. The molecule has 9 heteroatoms. The third-order valence-electron chi connectivity index (χ3n) is 3.62. The third kappa shape index (κ3) is 4.57. The maximum Gasteiger partial charge on any atom is 0.251 e. The van der Waals surface area contributed by atoms with Crippen LogP contribution in [0.3, 0.4) is 0 Å². The topological polar surface area (TPSA) is 75.3 Å². The van der Waals surface area contributed by atoms with E-state index in [4.69, 9.17) is 0 Å². The van der Waals surface area contributed by atoms with Crippen molar-refractivity contribution >= 4 is 33.0 Å². The number of rotatable bonds is 6. The van der Waals surface area contributed by atoms with Crippen molar-refractivity contribution in [2.75, 3.05) is 5.32 Å². The Morgan fingerprint density at radius 1 is 0.963 bits per heavy atom. The van der Waals surface area contributed by atoms with Crippen molar-refractivity contribution in [3.8, 4) is 0 Å². The van der Waals surface area contributed by atoms with Gasteiger partial charge in [0.2, 0.25) is 5.91 Å². The highest BCUT2D eigenvalue weighted by atomic mass is 32.2. The average molecular weight is 408 g/mol. The molecule has 1 heterocycles. The predicted molar refractivity (Wildman–Crippen MR) is 98.8 cm³/mol. The van der Waals surface area contributed by atoms with Gasteiger partial charge in [-0.05, 0) is 29.1 Å². The summed E-state index contributed by atoms with van der Waals surface area (Å²) >= 11 is 1.01. The van der Waals surface area contributed by atoms with Gasteiger partial charge >= 0.3 is 0 Å². The van der Waals surface area contributed by atoms with Crippen LogP contribution >= 0.6 is 11.3 Å². The Hall–Kier alpha value is -2.62. The maximum atomic E-state index is 13.4. The quantitative estimate of drug-likeness (QED) is 0.653. The number of hydrogen-bond donors (Lipinski definition) is 2. The highest BCUT2D eigenvalue weighted by Crippen LogP contribution is 2.22. The van der Waals surface area contributed by atoms with E-state index < -0.39 is 33.6 Å². The molecule has 5 nitrogen and oxygen atoms in total. The number of carbonyl (C=O) groups is 1. The van der Waals surface area contributed by atoms with E-state index in [9.17, 15) is 22.0 Å². The Balaban J connectivity index is 1.90. The molecule has 0 bridgehead atoms. The Morgan fingerprint density at radius 2 is 1.70 bits per heavy atom. The Bertz CT molecular complexity index is 1040. The highest BCUT2D eigenvalue weighted by Gasteiger charge is 2.28. The van der Waals surface area contributed by atoms with E-state index in [1.807, 2.05) is 0 Å². The van der Waals surface area contributed by atoms with Crippen LogP contribution in [0.2, 0.25) is 0 Å². The zero-order valence-electron chi connectivity index (χ0n) is 13.7. The lowest BCUT2D eigenvalue weighted by molar-refractivity contribution is -0.117. The second-order valence-electron chi connectivity index (χ2n) is 5.52. The molecule has 140 valence electrons. The number of thiophene rings is 1. The summed E-state index contributed by atoms with van der Waals surface area (Å²) < 4.78 is 53.9. The van der Waals surface area contributed by atoms with E-state index in [2.05, 4.69) is 10.0 Å². The fourth-order valence-corrected chi connectivity index (χ4v) is 4.53. The van der Waals surface area contributed by atoms with Gasteiger partial charge in [-0.15, -0.1) is 11.3 Å². The number of carbonyl (C=O) groups excluding carboxylic acids is 1. The zero-order valence-corrected chi connectivity index (χ0v) is 15.4. The number of hydrogen-bond acceptors (Lipinski definition) is 4. The number of benzene rings is 2. The van der Waals surface area contributed by atoms with Gasteiger partial charge in [0.05, 0.1) is 0 Å². The van der Waals surface area contributed by atoms with Crippen molar-refractivity contribution in [2.45, 2.75) is 10.3 Å². The standard InChI is InChI=1S/C18H14F2N2O3S2/c19-14-9-8-13(11-15(14)20)21-18(23)17(12-5-2-1-3-6-12)22-27(24,25)16-7-4-10-26-16/h1-11,17,22H,(H,21,23). The van der Waals surface area contributed by atoms with Crippen LogP contribution in [-0.4, -0.2) is 14.3 Å². The summed E-state index contributed by atoms with van der Waals surface area (Å²) in [4.78, 5) is 12.7. The summed E-state index contributed by atoms with van der Waals surface area (Å²) in [5, 5.41) is 4.01. The molecule has 2 aromatic carbocycles. The molecular weight excluding hydrogens is 394 g/mol. The first-order valence-electron chi connectivity index (χ1n) is 7.73. The molecule has 0 fully saturated rings. The van der Waals surface area contributed by atoms with Crippen molar-refractivity contribution in [2.24, 2.45) is 0 Å². The minimum atomic E-state index is -3.94. The van der Waals surface area contributed by atoms with E-state index in [0.29, 0.717) is 5.56 Å². The monoisotopic (exact) mass is 408 g/mol. The van der Waals surface area contributed by atoms with Crippen LogP contribution in [0.4, 0.5) is 14.5 Å². The molecule has 1 unspecified atom stereocenters. The van der Waals surface area contributed by atoms with Gasteiger partial charge in [0.25, 0.3) is 10.0 Å². The van der Waals surface area contributed by atoms with Crippen LogP contribution in [-0.2, 0) is 14.8 Å². The molecule has 2 N–H and O–H groups in total. The summed E-state index contributed by atoms with van der Waals surface area (Å²) in [6.07, 6.45) is 0. The van der Waals surface area contributed by atoms with Gasteiger partial charge in [-0.25, -0.2) is 17.2 Å². The van der Waals surface area contributed by atoms with Gasteiger partial charge in [0.1, 0.15) is 10.3 Å². The number of halogens is 2. The summed E-state index contributed by atoms with van der Waals surface area (Å²) in [5.41, 5.74) is 0.410. The van der Waals surface area contributed by atoms with Crippen molar-refractivity contribution in [3.63, 3.8) is 0 Å². The summed E-state index contributed by atoms with van der Waals surface area (Å²) in [7, 11) is -3.94. The summed E-state index contributed by atoms with van der Waals surface area (Å²) in [5.74, 6) is -2.90. The van der Waals surface area contributed by atoms with Gasteiger partial charge in [-0.1, -0.05) is 36.4 Å². The van der Waals surface area contributed by atoms with Crippen molar-refractivity contribution in [3.05, 3.63) is 83.2 Å². The molecule has 3 rings (SSSR count). The fraction of sp³-hybridized carbons (Fsp3) is 0.0556. The molecule has 0 aliphatic carbocycles. The van der Waals surface area contributed by atoms with Crippen LogP contribution in [0.1, 0.15) is 11.6 Å². The van der Waals surface area contributed by atoms with Gasteiger partial charge < -0.3 is 5.32 Å². The van der Waals surface area contributed by atoms with Crippen LogP contribution in [0, 0.1) is 11.6 Å². The van der Waals surface area contributed by atoms with Crippen molar-refractivity contribution in [1.82, 2.24) is 4.72 Å². The predicted octanol–water partition coefficient (Wildman–Crippen LogP) is 3.68. The van der Waals surface area contributed by atoms with Gasteiger partial charge in [0.15, 0.2) is 11.6 Å². The van der Waals surface area contributed by atoms with Crippen LogP contribution < -0.4 is 10.0 Å². The first-order chi connectivity index (χ1) is 12.9. The number of amides is 1.